The third kappa shape index (κ3) is 3.65. The highest BCUT2D eigenvalue weighted by atomic mass is 32.2. The van der Waals surface area contributed by atoms with Gasteiger partial charge in [-0.05, 0) is 24.6 Å². The van der Waals surface area contributed by atoms with Gasteiger partial charge >= 0.3 is 5.97 Å². The Morgan fingerprint density at radius 2 is 2.16 bits per heavy atom. The second kappa shape index (κ2) is 5.98. The molecule has 106 valence electrons. The van der Waals surface area contributed by atoms with Crippen LogP contribution in [0, 0.1) is 5.82 Å². The first kappa shape index (κ1) is 15.4. The van der Waals surface area contributed by atoms with Gasteiger partial charge in [0.05, 0.1) is 12.0 Å². The molecule has 0 saturated carbocycles. The van der Waals surface area contributed by atoms with Crippen LogP contribution in [0.2, 0.25) is 0 Å². The molecule has 0 aliphatic heterocycles. The van der Waals surface area contributed by atoms with E-state index in [-0.39, 0.29) is 17.1 Å². The number of hydrogen-bond acceptors (Lipinski definition) is 4. The first-order chi connectivity index (χ1) is 8.81. The van der Waals surface area contributed by atoms with Crippen LogP contribution in [0.1, 0.15) is 13.3 Å². The number of carboxylic acid groups (broad SMARTS) is 1. The Balaban J connectivity index is 3.07. The molecule has 1 aromatic carbocycles. The topological polar surface area (TPSA) is 92.7 Å². The van der Waals surface area contributed by atoms with Crippen molar-refractivity contribution in [2.24, 2.45) is 0 Å². The lowest BCUT2D eigenvalue weighted by Gasteiger charge is -2.13. The Bertz CT molecular complexity index is 572. The predicted molar refractivity (Wildman–Crippen MR) is 65.0 cm³/mol. The Labute approximate surface area is 110 Å². The fourth-order valence-electron chi connectivity index (χ4n) is 1.38. The smallest absolute Gasteiger partial charge is 0.321 e. The third-order valence-corrected chi connectivity index (χ3v) is 3.91. The molecule has 0 unspecified atom stereocenters. The van der Waals surface area contributed by atoms with Gasteiger partial charge in [-0.15, -0.1) is 0 Å². The van der Waals surface area contributed by atoms with E-state index >= 15 is 0 Å². The number of halogens is 1. The number of ether oxygens (including phenoxy) is 1. The highest BCUT2D eigenvalue weighted by molar-refractivity contribution is 7.89. The molecule has 2 N–H and O–H groups in total. The zero-order valence-electron chi connectivity index (χ0n) is 10.4. The number of carboxylic acids is 1. The Morgan fingerprint density at radius 3 is 2.58 bits per heavy atom. The van der Waals surface area contributed by atoms with Gasteiger partial charge in [-0.2, -0.15) is 4.72 Å². The monoisotopic (exact) mass is 291 g/mol. The van der Waals surface area contributed by atoms with Gasteiger partial charge in [0.1, 0.15) is 6.04 Å². The number of carbonyl (C=O) groups is 1. The summed E-state index contributed by atoms with van der Waals surface area (Å²) in [6.07, 6.45) is 0.0766. The van der Waals surface area contributed by atoms with E-state index < -0.39 is 27.9 Å². The number of benzene rings is 1. The van der Waals surface area contributed by atoms with Crippen LogP contribution in [0.5, 0.6) is 5.75 Å². The molecule has 1 aromatic rings. The minimum atomic E-state index is -4.09. The molecular weight excluding hydrogens is 277 g/mol. The molecule has 0 aliphatic carbocycles. The van der Waals surface area contributed by atoms with Crippen LogP contribution in [0.25, 0.3) is 0 Å². The summed E-state index contributed by atoms with van der Waals surface area (Å²) >= 11 is 0. The summed E-state index contributed by atoms with van der Waals surface area (Å²) in [6, 6.07) is 1.82. The van der Waals surface area contributed by atoms with Gasteiger partial charge in [0, 0.05) is 0 Å². The normalized spacial score (nSPS) is 13.0. The Morgan fingerprint density at radius 1 is 1.53 bits per heavy atom. The van der Waals surface area contributed by atoms with E-state index in [0.717, 1.165) is 18.2 Å². The first-order valence-corrected chi connectivity index (χ1v) is 6.88. The van der Waals surface area contributed by atoms with Gasteiger partial charge in [-0.3, -0.25) is 4.79 Å². The fraction of sp³-hybridized carbons (Fsp3) is 0.364. The predicted octanol–water partition coefficient (Wildman–Crippen LogP) is 0.976. The highest BCUT2D eigenvalue weighted by Gasteiger charge is 2.24. The number of rotatable bonds is 6. The molecule has 0 aromatic heterocycles. The molecule has 19 heavy (non-hydrogen) atoms. The van der Waals surface area contributed by atoms with Gasteiger partial charge in [0.25, 0.3) is 0 Å². The van der Waals surface area contributed by atoms with E-state index in [1.807, 2.05) is 4.72 Å². The quantitative estimate of drug-likeness (QED) is 0.815. The van der Waals surface area contributed by atoms with Crippen LogP contribution >= 0.6 is 0 Å². The van der Waals surface area contributed by atoms with Crippen molar-refractivity contribution in [3.05, 3.63) is 24.0 Å². The summed E-state index contributed by atoms with van der Waals surface area (Å²) in [5, 5.41) is 8.80. The molecule has 0 heterocycles. The number of nitrogens with one attached hydrogen (secondary N) is 1. The highest BCUT2D eigenvalue weighted by Crippen LogP contribution is 2.20. The molecule has 0 saturated heterocycles. The molecule has 1 rings (SSSR count). The lowest BCUT2D eigenvalue weighted by atomic mass is 10.2. The average molecular weight is 291 g/mol. The standard InChI is InChI=1S/C11H14FNO5S/c1-3-9(11(14)15)13-19(16,17)7-4-5-10(18-2)8(12)6-7/h4-6,9,13H,3H2,1-2H3,(H,14,15)/t9-/m1/s1. The van der Waals surface area contributed by atoms with Gasteiger partial charge in [-0.25, -0.2) is 12.8 Å². The van der Waals surface area contributed by atoms with Crippen LogP contribution in [0.3, 0.4) is 0 Å². The molecule has 0 aliphatic rings. The van der Waals surface area contributed by atoms with Crippen molar-refractivity contribution in [2.75, 3.05) is 7.11 Å². The summed E-state index contributed by atoms with van der Waals surface area (Å²) in [5.41, 5.74) is 0. The van der Waals surface area contributed by atoms with Crippen molar-refractivity contribution >= 4 is 16.0 Å². The lowest BCUT2D eigenvalue weighted by molar-refractivity contribution is -0.139. The van der Waals surface area contributed by atoms with Gasteiger partial charge in [0.15, 0.2) is 11.6 Å². The molecule has 0 fully saturated rings. The second-order valence-corrected chi connectivity index (χ2v) is 5.43. The zero-order valence-corrected chi connectivity index (χ0v) is 11.2. The number of sulfonamides is 1. The molecule has 0 spiro atoms. The summed E-state index contributed by atoms with van der Waals surface area (Å²) < 4.78 is 43.8. The number of methoxy groups -OCH3 is 1. The summed E-state index contributed by atoms with van der Waals surface area (Å²) in [7, 11) is -2.84. The molecule has 0 amide bonds. The molecule has 1 atom stereocenters. The minimum absolute atomic E-state index is 0.0766. The van der Waals surface area contributed by atoms with Crippen LogP contribution in [-0.4, -0.2) is 32.6 Å². The summed E-state index contributed by atoms with van der Waals surface area (Å²) in [5.74, 6) is -2.22. The second-order valence-electron chi connectivity index (χ2n) is 3.72. The Kier molecular flexibility index (Phi) is 4.84. The molecular formula is C11H14FNO5S. The number of aliphatic carboxylic acids is 1. The van der Waals surface area contributed by atoms with E-state index in [1.54, 1.807) is 0 Å². The maximum atomic E-state index is 13.4. The van der Waals surface area contributed by atoms with Crippen molar-refractivity contribution in [1.29, 1.82) is 0 Å². The Hall–Kier alpha value is -1.67. The first-order valence-electron chi connectivity index (χ1n) is 5.40. The fourth-order valence-corrected chi connectivity index (χ4v) is 2.66. The SMILES string of the molecule is CC[C@@H](NS(=O)(=O)c1ccc(OC)c(F)c1)C(=O)O. The number of hydrogen-bond donors (Lipinski definition) is 2. The minimum Gasteiger partial charge on any atom is -0.494 e. The van der Waals surface area contributed by atoms with Crippen molar-refractivity contribution in [2.45, 2.75) is 24.3 Å². The molecule has 0 bridgehead atoms. The van der Waals surface area contributed by atoms with Crippen molar-refractivity contribution in [3.63, 3.8) is 0 Å². The zero-order chi connectivity index (χ0) is 14.6. The van der Waals surface area contributed by atoms with E-state index in [4.69, 9.17) is 5.11 Å². The molecule has 6 nitrogen and oxygen atoms in total. The van der Waals surface area contributed by atoms with Crippen molar-refractivity contribution < 1.29 is 27.4 Å². The van der Waals surface area contributed by atoms with Crippen LogP contribution in [0.4, 0.5) is 4.39 Å². The van der Waals surface area contributed by atoms with Gasteiger partial charge < -0.3 is 9.84 Å². The van der Waals surface area contributed by atoms with Gasteiger partial charge in [-0.1, -0.05) is 6.92 Å². The maximum Gasteiger partial charge on any atom is 0.321 e. The van der Waals surface area contributed by atoms with Crippen molar-refractivity contribution in [3.8, 4) is 5.75 Å². The van der Waals surface area contributed by atoms with Crippen LogP contribution < -0.4 is 9.46 Å². The summed E-state index contributed by atoms with van der Waals surface area (Å²) in [6.45, 7) is 1.52. The molecule has 8 heteroatoms. The average Bonchev–Trinajstić information content (AvgIpc) is 2.35. The van der Waals surface area contributed by atoms with Crippen LogP contribution in [-0.2, 0) is 14.8 Å². The lowest BCUT2D eigenvalue weighted by Crippen LogP contribution is -2.40. The maximum absolute atomic E-state index is 13.4. The summed E-state index contributed by atoms with van der Waals surface area (Å²) in [4.78, 5) is 10.4. The molecule has 0 radical (unpaired) electrons. The third-order valence-electron chi connectivity index (χ3n) is 2.44. The largest absolute Gasteiger partial charge is 0.494 e. The van der Waals surface area contributed by atoms with Crippen LogP contribution in [0.15, 0.2) is 23.1 Å². The van der Waals surface area contributed by atoms with E-state index in [1.165, 1.54) is 14.0 Å². The van der Waals surface area contributed by atoms with Gasteiger partial charge in [0.2, 0.25) is 10.0 Å². The van der Waals surface area contributed by atoms with E-state index in [2.05, 4.69) is 4.74 Å². The van der Waals surface area contributed by atoms with E-state index in [9.17, 15) is 17.6 Å². The van der Waals surface area contributed by atoms with E-state index in [0.29, 0.717) is 0 Å². The van der Waals surface area contributed by atoms with Crippen molar-refractivity contribution in [1.82, 2.24) is 4.72 Å².